The Bertz CT molecular complexity index is 828. The number of carbonyl (C=O) groups is 3. The number of amides is 2. The molecule has 32 heavy (non-hydrogen) atoms. The number of nitrogens with one attached hydrogen (secondary N) is 2. The van der Waals surface area contributed by atoms with Crippen molar-refractivity contribution >= 4 is 29.5 Å². The molecule has 2 amide bonds. The average Bonchev–Trinajstić information content (AvgIpc) is 2.79. The Balaban J connectivity index is 0.000000451. The first kappa shape index (κ1) is 25.8. The monoisotopic (exact) mass is 467 g/mol. The fourth-order valence-corrected chi connectivity index (χ4v) is 4.59. The summed E-state index contributed by atoms with van der Waals surface area (Å²) in [6.45, 7) is 5.52. The molecule has 6 N–H and O–H groups in total. The molecule has 0 radical (unpaired) electrons. The molecule has 1 aromatic carbocycles. The maximum atomic E-state index is 12.4. The second-order valence-electron chi connectivity index (χ2n) is 6.96. The SMILES string of the molecule is CCN(CC)NO.NOCC1=C(C(=O)O)N2C(=O)C(NC(=O)Cc3ccccc3)C2SC1. The minimum absolute atomic E-state index is 0.0594. The Morgan fingerprint density at radius 3 is 2.44 bits per heavy atom. The van der Waals surface area contributed by atoms with Gasteiger partial charge in [0.25, 0.3) is 5.91 Å². The molecule has 2 aliphatic rings. The van der Waals surface area contributed by atoms with Gasteiger partial charge in [0.05, 0.1) is 13.0 Å². The number of carboxylic acid groups (broad SMARTS) is 1. The molecule has 12 heteroatoms. The maximum Gasteiger partial charge on any atom is 0.352 e. The van der Waals surface area contributed by atoms with E-state index in [1.807, 2.05) is 49.8 Å². The first-order valence-electron chi connectivity index (χ1n) is 10.1. The van der Waals surface area contributed by atoms with Crippen molar-refractivity contribution in [3.8, 4) is 0 Å². The zero-order valence-electron chi connectivity index (χ0n) is 18.0. The Morgan fingerprint density at radius 1 is 1.28 bits per heavy atom. The van der Waals surface area contributed by atoms with Gasteiger partial charge < -0.3 is 20.5 Å². The van der Waals surface area contributed by atoms with Gasteiger partial charge in [0.1, 0.15) is 17.1 Å². The fourth-order valence-electron chi connectivity index (χ4n) is 3.27. The number of rotatable bonds is 9. The zero-order chi connectivity index (χ0) is 23.7. The van der Waals surface area contributed by atoms with Gasteiger partial charge in [-0.1, -0.05) is 44.2 Å². The minimum atomic E-state index is -1.21. The van der Waals surface area contributed by atoms with Gasteiger partial charge in [0.15, 0.2) is 0 Å². The molecule has 2 heterocycles. The lowest BCUT2D eigenvalue weighted by Crippen LogP contribution is -2.70. The van der Waals surface area contributed by atoms with Crippen LogP contribution < -0.4 is 16.8 Å². The number of aliphatic carboxylic acids is 1. The molecular weight excluding hydrogens is 438 g/mol. The van der Waals surface area contributed by atoms with E-state index < -0.39 is 23.3 Å². The van der Waals surface area contributed by atoms with Crippen LogP contribution in [0.15, 0.2) is 41.6 Å². The molecule has 176 valence electrons. The van der Waals surface area contributed by atoms with Crippen LogP contribution in [0.25, 0.3) is 0 Å². The molecule has 2 aliphatic heterocycles. The van der Waals surface area contributed by atoms with E-state index in [0.717, 1.165) is 18.7 Å². The number of fused-ring (bicyclic) bond motifs is 1. The smallest absolute Gasteiger partial charge is 0.352 e. The predicted molar refractivity (Wildman–Crippen MR) is 118 cm³/mol. The van der Waals surface area contributed by atoms with E-state index in [2.05, 4.69) is 10.2 Å². The maximum absolute atomic E-state index is 12.4. The molecule has 0 saturated carbocycles. The van der Waals surface area contributed by atoms with Crippen molar-refractivity contribution in [2.24, 2.45) is 5.90 Å². The third kappa shape index (κ3) is 6.28. The number of β-lactam (4-membered cyclic amide) rings is 1. The molecule has 1 saturated heterocycles. The highest BCUT2D eigenvalue weighted by atomic mass is 32.2. The first-order valence-corrected chi connectivity index (χ1v) is 11.1. The molecule has 11 nitrogen and oxygen atoms in total. The van der Waals surface area contributed by atoms with Crippen LogP contribution in [0, 0.1) is 0 Å². The number of carbonyl (C=O) groups excluding carboxylic acids is 2. The van der Waals surface area contributed by atoms with E-state index in [4.69, 9.17) is 11.1 Å². The highest BCUT2D eigenvalue weighted by Gasteiger charge is 2.54. The summed E-state index contributed by atoms with van der Waals surface area (Å²) in [6.07, 6.45) is 0.163. The summed E-state index contributed by atoms with van der Waals surface area (Å²) in [5.41, 5.74) is 3.22. The Labute approximate surface area is 190 Å². The number of hydrazine groups is 1. The van der Waals surface area contributed by atoms with Crippen molar-refractivity contribution in [2.45, 2.75) is 31.7 Å². The highest BCUT2D eigenvalue weighted by molar-refractivity contribution is 8.00. The van der Waals surface area contributed by atoms with E-state index in [9.17, 15) is 19.5 Å². The third-order valence-corrected chi connectivity index (χ3v) is 6.28. The normalized spacial score (nSPS) is 19.7. The van der Waals surface area contributed by atoms with Crippen molar-refractivity contribution in [3.05, 3.63) is 47.2 Å². The number of hydrogen-bond donors (Lipinski definition) is 5. The molecule has 0 aromatic heterocycles. The summed E-state index contributed by atoms with van der Waals surface area (Å²) in [4.78, 5) is 41.8. The lowest BCUT2D eigenvalue weighted by Gasteiger charge is -2.49. The summed E-state index contributed by atoms with van der Waals surface area (Å²) >= 11 is 1.38. The average molecular weight is 468 g/mol. The van der Waals surface area contributed by atoms with Gasteiger partial charge in [0.2, 0.25) is 5.91 Å². The molecule has 3 rings (SSSR count). The van der Waals surface area contributed by atoms with Gasteiger partial charge in [-0.3, -0.25) is 14.5 Å². The molecule has 2 unspecified atom stereocenters. The number of nitrogens with two attached hydrogens (primary N) is 1. The predicted octanol–water partition coefficient (Wildman–Crippen LogP) is 0.0800. The summed E-state index contributed by atoms with van der Waals surface area (Å²) in [5.74, 6) is 3.47. The number of benzene rings is 1. The van der Waals surface area contributed by atoms with E-state index in [1.54, 1.807) is 5.01 Å². The summed E-state index contributed by atoms with van der Waals surface area (Å²) in [7, 11) is 0. The van der Waals surface area contributed by atoms with Gasteiger partial charge in [0, 0.05) is 18.8 Å². The van der Waals surface area contributed by atoms with Crippen LogP contribution in [0.1, 0.15) is 19.4 Å². The van der Waals surface area contributed by atoms with Crippen LogP contribution in [0.3, 0.4) is 0 Å². The van der Waals surface area contributed by atoms with E-state index >= 15 is 0 Å². The minimum Gasteiger partial charge on any atom is -0.477 e. The second-order valence-corrected chi connectivity index (χ2v) is 8.06. The van der Waals surface area contributed by atoms with E-state index in [0.29, 0.717) is 11.3 Å². The van der Waals surface area contributed by atoms with Crippen LogP contribution in [-0.4, -0.2) is 74.9 Å². The molecule has 0 bridgehead atoms. The van der Waals surface area contributed by atoms with Crippen LogP contribution in [-0.2, 0) is 25.6 Å². The highest BCUT2D eigenvalue weighted by Crippen LogP contribution is 2.40. The summed E-state index contributed by atoms with van der Waals surface area (Å²) in [6, 6.07) is 8.45. The molecule has 0 spiro atoms. The fraction of sp³-hybridized carbons (Fsp3) is 0.450. The molecular formula is C20H29N5O6S. The van der Waals surface area contributed by atoms with Gasteiger partial charge in [-0.05, 0) is 11.1 Å². The topological polar surface area (TPSA) is 157 Å². The number of nitrogens with zero attached hydrogens (tertiary/aromatic N) is 2. The van der Waals surface area contributed by atoms with Gasteiger partial charge in [-0.25, -0.2) is 15.7 Å². The number of thioether (sulfide) groups is 1. The van der Waals surface area contributed by atoms with Crippen molar-refractivity contribution in [2.75, 3.05) is 25.4 Å². The van der Waals surface area contributed by atoms with Crippen molar-refractivity contribution < 1.29 is 29.5 Å². The Kier molecular flexibility index (Phi) is 10.1. The molecule has 1 aromatic rings. The van der Waals surface area contributed by atoms with Crippen molar-refractivity contribution in [1.82, 2.24) is 20.8 Å². The Hall–Kier alpha value is -2.48. The quantitative estimate of drug-likeness (QED) is 0.249. The molecule has 2 atom stereocenters. The first-order chi connectivity index (χ1) is 15.4. The number of carboxylic acids is 1. The largest absolute Gasteiger partial charge is 0.477 e. The zero-order valence-corrected chi connectivity index (χ0v) is 18.8. The Morgan fingerprint density at radius 2 is 1.94 bits per heavy atom. The molecule has 0 aliphatic carbocycles. The van der Waals surface area contributed by atoms with Crippen LogP contribution in [0.4, 0.5) is 0 Å². The lowest BCUT2D eigenvalue weighted by atomic mass is 10.0. The van der Waals surface area contributed by atoms with Gasteiger partial charge in [-0.2, -0.15) is 0 Å². The molecule has 1 fully saturated rings. The van der Waals surface area contributed by atoms with E-state index in [1.165, 1.54) is 16.7 Å². The van der Waals surface area contributed by atoms with Crippen LogP contribution >= 0.6 is 11.8 Å². The summed E-state index contributed by atoms with van der Waals surface area (Å²) in [5, 5.41) is 21.5. The van der Waals surface area contributed by atoms with Crippen LogP contribution in [0.2, 0.25) is 0 Å². The van der Waals surface area contributed by atoms with Gasteiger partial charge in [-0.15, -0.1) is 17.4 Å². The third-order valence-electron chi connectivity index (χ3n) is 4.94. The van der Waals surface area contributed by atoms with Crippen molar-refractivity contribution in [3.63, 3.8) is 0 Å². The second kappa shape index (κ2) is 12.5. The van der Waals surface area contributed by atoms with Crippen molar-refractivity contribution in [1.29, 1.82) is 0 Å². The lowest BCUT2D eigenvalue weighted by molar-refractivity contribution is -0.150. The summed E-state index contributed by atoms with van der Waals surface area (Å²) < 4.78 is 0. The number of hydrogen-bond acceptors (Lipinski definition) is 9. The standard InChI is InChI=1S/C16H17N3O5S.C4H12N2O/c17-24-7-10-8-25-15-12(14(21)19(15)13(10)16(22)23)18-11(20)6-9-4-2-1-3-5-9;1-3-6(4-2)5-7/h1-5,12,15H,6-8,17H2,(H,18,20)(H,22,23);5,7H,3-4H2,1-2H3. The van der Waals surface area contributed by atoms with E-state index in [-0.39, 0.29) is 24.6 Å². The van der Waals surface area contributed by atoms with Gasteiger partial charge >= 0.3 is 5.97 Å². The van der Waals surface area contributed by atoms with Crippen LogP contribution in [0.5, 0.6) is 0 Å².